The summed E-state index contributed by atoms with van der Waals surface area (Å²) in [7, 11) is 2.53. The molecule has 2 heterocycles. The molecule has 2 aliphatic rings. The van der Waals surface area contributed by atoms with Gasteiger partial charge in [-0.05, 0) is 56.5 Å². The third kappa shape index (κ3) is 8.01. The zero-order chi connectivity index (χ0) is 32.7. The fraction of sp³-hybridized carbons (Fsp3) is 0.438. The summed E-state index contributed by atoms with van der Waals surface area (Å²) in [6, 6.07) is 12.2. The van der Waals surface area contributed by atoms with E-state index in [2.05, 4.69) is 20.9 Å². The highest BCUT2D eigenvalue weighted by molar-refractivity contribution is 6.07. The van der Waals surface area contributed by atoms with Crippen LogP contribution in [0.5, 0.6) is 0 Å². The average molecular weight is 630 g/mol. The molecule has 0 bridgehead atoms. The van der Waals surface area contributed by atoms with E-state index in [9.17, 15) is 27.6 Å². The van der Waals surface area contributed by atoms with Gasteiger partial charge in [-0.2, -0.15) is 13.2 Å². The number of aliphatic imine (C=N–C) groups is 1. The molecule has 0 spiro atoms. The Morgan fingerprint density at radius 2 is 1.69 bits per heavy atom. The van der Waals surface area contributed by atoms with Gasteiger partial charge in [-0.15, -0.1) is 0 Å². The SMILES string of the molecule is COC(=O)C1=C(C)N=C(C)C(C(=O)OC)C1c1cccc(NC(=O)NCCNC2CCN(c3ccccc3C(F)(F)F)CC2)c1. The molecule has 0 radical (unpaired) electrons. The molecule has 1 saturated heterocycles. The number of ether oxygens (including phenoxy) is 2. The zero-order valence-corrected chi connectivity index (χ0v) is 25.7. The summed E-state index contributed by atoms with van der Waals surface area (Å²) in [4.78, 5) is 44.4. The fourth-order valence-electron chi connectivity index (χ4n) is 5.96. The van der Waals surface area contributed by atoms with Gasteiger partial charge in [-0.3, -0.25) is 9.79 Å². The summed E-state index contributed by atoms with van der Waals surface area (Å²) < 4.78 is 50.3. The van der Waals surface area contributed by atoms with Crippen LogP contribution in [-0.2, 0) is 25.2 Å². The maximum atomic E-state index is 13.4. The maximum absolute atomic E-state index is 13.4. The van der Waals surface area contributed by atoms with Crippen molar-refractivity contribution in [1.82, 2.24) is 10.6 Å². The van der Waals surface area contributed by atoms with Crippen LogP contribution in [0.1, 0.15) is 43.7 Å². The molecule has 4 rings (SSSR count). The van der Waals surface area contributed by atoms with Gasteiger partial charge in [0.2, 0.25) is 0 Å². The van der Waals surface area contributed by atoms with Gasteiger partial charge < -0.3 is 30.3 Å². The number of allylic oxidation sites excluding steroid dienone is 1. The van der Waals surface area contributed by atoms with Gasteiger partial charge in [0, 0.05) is 60.9 Å². The molecule has 0 aromatic heterocycles. The number of hydrogen-bond acceptors (Lipinski definition) is 8. The lowest BCUT2D eigenvalue weighted by atomic mass is 9.75. The number of halogens is 3. The highest BCUT2D eigenvalue weighted by Crippen LogP contribution is 2.41. The Morgan fingerprint density at radius 1 is 0.978 bits per heavy atom. The monoisotopic (exact) mass is 629 g/mol. The molecule has 3 N–H and O–H groups in total. The van der Waals surface area contributed by atoms with E-state index in [1.807, 2.05) is 0 Å². The number of benzene rings is 2. The van der Waals surface area contributed by atoms with Crippen molar-refractivity contribution >= 4 is 35.1 Å². The Kier molecular flexibility index (Phi) is 10.9. The molecular weight excluding hydrogens is 591 g/mol. The topological polar surface area (TPSA) is 121 Å². The standard InChI is InChI=1S/C32H38F3N5O5/c1-19-26(29(41)44-3)28(27(20(2)38-19)30(42)45-4)21-8-7-9-23(18-21)39-31(43)37-15-14-36-22-12-16-40(17-13-22)25-11-6-5-10-24(25)32(33,34)35/h5-11,18,22,26,28,36H,12-17H2,1-4H3,(H2,37,39,43). The van der Waals surface area contributed by atoms with Gasteiger partial charge in [0.05, 0.1) is 25.4 Å². The number of carbonyl (C=O) groups is 3. The molecule has 0 saturated carbocycles. The molecule has 45 heavy (non-hydrogen) atoms. The summed E-state index contributed by atoms with van der Waals surface area (Å²) in [5.74, 6) is -2.74. The largest absolute Gasteiger partial charge is 0.468 e. The van der Waals surface area contributed by atoms with E-state index in [1.54, 1.807) is 49.1 Å². The third-order valence-corrected chi connectivity index (χ3v) is 8.08. The summed E-state index contributed by atoms with van der Waals surface area (Å²) in [6.07, 6.45) is -3.06. The van der Waals surface area contributed by atoms with Crippen LogP contribution in [0.4, 0.5) is 29.3 Å². The second kappa shape index (κ2) is 14.6. The van der Waals surface area contributed by atoms with Crippen molar-refractivity contribution in [3.63, 3.8) is 0 Å². The number of urea groups is 1. The number of nitrogens with zero attached hydrogens (tertiary/aromatic N) is 2. The van der Waals surface area contributed by atoms with Crippen LogP contribution in [0.25, 0.3) is 0 Å². The smallest absolute Gasteiger partial charge is 0.418 e. The summed E-state index contributed by atoms with van der Waals surface area (Å²) in [5.41, 5.74) is 1.80. The van der Waals surface area contributed by atoms with Gasteiger partial charge in [0.1, 0.15) is 5.92 Å². The molecule has 2 unspecified atom stereocenters. The average Bonchev–Trinajstić information content (AvgIpc) is 3.02. The number of nitrogens with one attached hydrogen (secondary N) is 3. The second-order valence-electron chi connectivity index (χ2n) is 11.0. The second-order valence-corrected chi connectivity index (χ2v) is 11.0. The number of piperidine rings is 1. The highest BCUT2D eigenvalue weighted by atomic mass is 19.4. The van der Waals surface area contributed by atoms with Gasteiger partial charge in [0.15, 0.2) is 0 Å². The van der Waals surface area contributed by atoms with Crippen LogP contribution in [0.15, 0.2) is 64.8 Å². The van der Waals surface area contributed by atoms with Gasteiger partial charge in [-0.1, -0.05) is 24.3 Å². The Labute approximate surface area is 260 Å². The van der Waals surface area contributed by atoms with Gasteiger partial charge in [0.25, 0.3) is 0 Å². The number of para-hydroxylation sites is 1. The molecule has 2 aliphatic heterocycles. The Balaban J connectivity index is 1.31. The van der Waals surface area contributed by atoms with Gasteiger partial charge >= 0.3 is 24.1 Å². The predicted octanol–water partition coefficient (Wildman–Crippen LogP) is 4.88. The first-order valence-corrected chi connectivity index (χ1v) is 14.7. The molecule has 0 aliphatic carbocycles. The number of amides is 2. The van der Waals surface area contributed by atoms with E-state index in [0.717, 1.165) is 6.07 Å². The molecule has 10 nitrogen and oxygen atoms in total. The quantitative estimate of drug-likeness (QED) is 0.267. The predicted molar refractivity (Wildman–Crippen MR) is 164 cm³/mol. The van der Waals surface area contributed by atoms with Crippen molar-refractivity contribution in [3.8, 4) is 0 Å². The molecular formula is C32H38F3N5O5. The minimum Gasteiger partial charge on any atom is -0.468 e. The Morgan fingerprint density at radius 3 is 2.36 bits per heavy atom. The van der Waals surface area contributed by atoms with Crippen molar-refractivity contribution in [2.75, 3.05) is 50.6 Å². The number of carbonyl (C=O) groups excluding carboxylic acids is 3. The summed E-state index contributed by atoms with van der Waals surface area (Å²) >= 11 is 0. The van der Waals surface area contributed by atoms with Crippen molar-refractivity contribution in [3.05, 3.63) is 70.9 Å². The minimum atomic E-state index is -4.41. The lowest BCUT2D eigenvalue weighted by Gasteiger charge is -2.35. The number of anilines is 2. The van der Waals surface area contributed by atoms with Gasteiger partial charge in [-0.25, -0.2) is 9.59 Å². The first-order valence-electron chi connectivity index (χ1n) is 14.7. The molecule has 2 amide bonds. The van der Waals surface area contributed by atoms with E-state index >= 15 is 0 Å². The number of rotatable bonds is 9. The molecule has 1 fully saturated rings. The lowest BCUT2D eigenvalue weighted by Crippen LogP contribution is -2.45. The number of hydrogen-bond donors (Lipinski definition) is 3. The normalized spacial score (nSPS) is 19.1. The first kappa shape index (κ1) is 33.5. The molecule has 2 atom stereocenters. The number of methoxy groups -OCH3 is 2. The number of esters is 2. The molecule has 2 aromatic carbocycles. The lowest BCUT2D eigenvalue weighted by molar-refractivity contribution is -0.144. The Hall–Kier alpha value is -4.39. The summed E-state index contributed by atoms with van der Waals surface area (Å²) in [5, 5.41) is 8.94. The van der Waals surface area contributed by atoms with Crippen LogP contribution in [0, 0.1) is 5.92 Å². The minimum absolute atomic E-state index is 0.117. The van der Waals surface area contributed by atoms with Crippen LogP contribution in [-0.4, -0.2) is 70.1 Å². The highest BCUT2D eigenvalue weighted by Gasteiger charge is 2.42. The third-order valence-electron chi connectivity index (χ3n) is 8.08. The summed E-state index contributed by atoms with van der Waals surface area (Å²) in [6.45, 7) is 5.16. The molecule has 2 aromatic rings. The molecule has 13 heteroatoms. The van der Waals surface area contributed by atoms with Crippen LogP contribution in [0.2, 0.25) is 0 Å². The van der Waals surface area contributed by atoms with E-state index < -0.39 is 41.5 Å². The fourth-order valence-corrected chi connectivity index (χ4v) is 5.96. The van der Waals surface area contributed by atoms with E-state index in [4.69, 9.17) is 9.47 Å². The number of alkyl halides is 3. The zero-order valence-electron chi connectivity index (χ0n) is 25.7. The van der Waals surface area contributed by atoms with Crippen LogP contribution in [0.3, 0.4) is 0 Å². The van der Waals surface area contributed by atoms with Crippen LogP contribution >= 0.6 is 0 Å². The van der Waals surface area contributed by atoms with Crippen molar-refractivity contribution < 1.29 is 37.0 Å². The van der Waals surface area contributed by atoms with E-state index in [-0.39, 0.29) is 17.3 Å². The van der Waals surface area contributed by atoms with Crippen LogP contribution < -0.4 is 20.9 Å². The first-order chi connectivity index (χ1) is 21.4. The van der Waals surface area contributed by atoms with E-state index in [0.29, 0.717) is 61.7 Å². The molecule has 242 valence electrons. The van der Waals surface area contributed by atoms with E-state index in [1.165, 1.54) is 26.4 Å². The van der Waals surface area contributed by atoms with Crippen molar-refractivity contribution in [2.24, 2.45) is 10.9 Å². The van der Waals surface area contributed by atoms with Crippen molar-refractivity contribution in [2.45, 2.75) is 44.8 Å². The van der Waals surface area contributed by atoms with Crippen molar-refractivity contribution in [1.29, 1.82) is 0 Å². The maximum Gasteiger partial charge on any atom is 0.418 e. The Bertz CT molecular complexity index is 1470.